The first-order valence-corrected chi connectivity index (χ1v) is 4.65. The molecule has 0 atom stereocenters. The summed E-state index contributed by atoms with van der Waals surface area (Å²) in [5, 5.41) is 3.19. The number of hydrogen-bond donors (Lipinski definition) is 1. The van der Waals surface area contributed by atoms with Crippen LogP contribution in [0.3, 0.4) is 0 Å². The van der Waals surface area contributed by atoms with E-state index in [0.717, 1.165) is 38.5 Å². The third-order valence-corrected chi connectivity index (χ3v) is 2.96. The average Bonchev–Trinajstić information content (AvgIpc) is 2.07. The molecule has 1 N–H and O–H groups in total. The Balaban J connectivity index is 2.42. The smallest absolute Gasteiger partial charge is 0.0472 e. The van der Waals surface area contributed by atoms with E-state index in [4.69, 9.17) is 16.3 Å². The maximum Gasteiger partial charge on any atom is 0.0472 e. The molecule has 0 spiro atoms. The Morgan fingerprint density at radius 3 is 2.55 bits per heavy atom. The van der Waals surface area contributed by atoms with Crippen molar-refractivity contribution >= 4 is 11.6 Å². The Bertz CT molecular complexity index is 107. The summed E-state index contributed by atoms with van der Waals surface area (Å²) in [5.41, 5.74) is 0.300. The maximum absolute atomic E-state index is 5.92. The SMILES string of the molecule is CNCC1(CCl)CCOCC1. The number of alkyl halides is 1. The topological polar surface area (TPSA) is 21.3 Å². The van der Waals surface area contributed by atoms with Crippen molar-refractivity contribution in [1.29, 1.82) is 0 Å². The molecule has 2 nitrogen and oxygen atoms in total. The van der Waals surface area contributed by atoms with Crippen LogP contribution < -0.4 is 5.32 Å². The van der Waals surface area contributed by atoms with E-state index < -0.39 is 0 Å². The van der Waals surface area contributed by atoms with Crippen LogP contribution in [0.1, 0.15) is 12.8 Å². The zero-order valence-corrected chi connectivity index (χ0v) is 7.78. The fraction of sp³-hybridized carbons (Fsp3) is 1.00. The third-order valence-electron chi connectivity index (χ3n) is 2.39. The summed E-state index contributed by atoms with van der Waals surface area (Å²) in [6.07, 6.45) is 2.19. The lowest BCUT2D eigenvalue weighted by Gasteiger charge is -2.35. The fourth-order valence-corrected chi connectivity index (χ4v) is 1.90. The van der Waals surface area contributed by atoms with Gasteiger partial charge in [0.15, 0.2) is 0 Å². The molecule has 11 heavy (non-hydrogen) atoms. The molecule has 0 unspecified atom stereocenters. The van der Waals surface area contributed by atoms with Crippen LogP contribution in [0, 0.1) is 5.41 Å². The van der Waals surface area contributed by atoms with E-state index in [9.17, 15) is 0 Å². The van der Waals surface area contributed by atoms with Crippen molar-refractivity contribution in [3.8, 4) is 0 Å². The van der Waals surface area contributed by atoms with E-state index in [0.29, 0.717) is 5.41 Å². The second-order valence-corrected chi connectivity index (χ2v) is 3.54. The minimum atomic E-state index is 0.300. The van der Waals surface area contributed by atoms with Crippen LogP contribution in [0.2, 0.25) is 0 Å². The van der Waals surface area contributed by atoms with E-state index >= 15 is 0 Å². The number of hydrogen-bond acceptors (Lipinski definition) is 2. The molecule has 0 amide bonds. The van der Waals surface area contributed by atoms with Gasteiger partial charge in [-0.3, -0.25) is 0 Å². The van der Waals surface area contributed by atoms with Crippen molar-refractivity contribution in [3.63, 3.8) is 0 Å². The summed E-state index contributed by atoms with van der Waals surface area (Å²) in [7, 11) is 1.98. The quantitative estimate of drug-likeness (QED) is 0.656. The molecule has 0 radical (unpaired) electrons. The molecule has 3 heteroatoms. The lowest BCUT2D eigenvalue weighted by Crippen LogP contribution is -2.39. The highest BCUT2D eigenvalue weighted by Crippen LogP contribution is 2.30. The largest absolute Gasteiger partial charge is 0.381 e. The van der Waals surface area contributed by atoms with Crippen LogP contribution in [-0.2, 0) is 4.74 Å². The minimum Gasteiger partial charge on any atom is -0.381 e. The van der Waals surface area contributed by atoms with Gasteiger partial charge >= 0.3 is 0 Å². The lowest BCUT2D eigenvalue weighted by molar-refractivity contribution is 0.0266. The summed E-state index contributed by atoms with van der Waals surface area (Å²) in [4.78, 5) is 0. The Morgan fingerprint density at radius 1 is 1.45 bits per heavy atom. The molecule has 1 rings (SSSR count). The van der Waals surface area contributed by atoms with Gasteiger partial charge in [-0.05, 0) is 19.9 Å². The van der Waals surface area contributed by atoms with Gasteiger partial charge in [0.05, 0.1) is 0 Å². The number of nitrogens with one attached hydrogen (secondary N) is 1. The molecule has 66 valence electrons. The van der Waals surface area contributed by atoms with Crippen LogP contribution in [0.5, 0.6) is 0 Å². The van der Waals surface area contributed by atoms with Crippen LogP contribution in [0.4, 0.5) is 0 Å². The van der Waals surface area contributed by atoms with Gasteiger partial charge in [0.25, 0.3) is 0 Å². The first-order valence-electron chi connectivity index (χ1n) is 4.11. The molecule has 1 fully saturated rings. The Kier molecular flexibility index (Phi) is 3.63. The molecule has 1 saturated heterocycles. The van der Waals surface area contributed by atoms with Crippen molar-refractivity contribution in [1.82, 2.24) is 5.32 Å². The molecule has 1 heterocycles. The molecule has 0 aliphatic carbocycles. The second-order valence-electron chi connectivity index (χ2n) is 3.28. The monoisotopic (exact) mass is 177 g/mol. The minimum absolute atomic E-state index is 0.300. The van der Waals surface area contributed by atoms with Gasteiger partial charge in [-0.1, -0.05) is 0 Å². The van der Waals surface area contributed by atoms with Crippen molar-refractivity contribution in [2.75, 3.05) is 32.7 Å². The summed E-state index contributed by atoms with van der Waals surface area (Å²) in [6, 6.07) is 0. The second kappa shape index (κ2) is 4.29. The molecule has 0 aromatic heterocycles. The molecule has 0 aromatic carbocycles. The van der Waals surface area contributed by atoms with E-state index in [1.54, 1.807) is 0 Å². The first-order chi connectivity index (χ1) is 5.33. The number of ether oxygens (including phenoxy) is 1. The van der Waals surface area contributed by atoms with E-state index in [1.165, 1.54) is 0 Å². The van der Waals surface area contributed by atoms with Crippen molar-refractivity contribution in [3.05, 3.63) is 0 Å². The predicted octanol–water partition coefficient (Wildman–Crippen LogP) is 1.24. The molecule has 0 bridgehead atoms. The van der Waals surface area contributed by atoms with Crippen LogP contribution in [-0.4, -0.2) is 32.7 Å². The molecule has 0 aromatic rings. The fourth-order valence-electron chi connectivity index (χ4n) is 1.54. The summed E-state index contributed by atoms with van der Waals surface area (Å²) in [5.74, 6) is 0.747. The van der Waals surface area contributed by atoms with E-state index in [-0.39, 0.29) is 0 Å². The van der Waals surface area contributed by atoms with Gasteiger partial charge in [-0.15, -0.1) is 11.6 Å². The van der Waals surface area contributed by atoms with E-state index in [2.05, 4.69) is 5.32 Å². The first kappa shape index (κ1) is 9.30. The molecule has 0 saturated carbocycles. The maximum atomic E-state index is 5.92. The normalized spacial score (nSPS) is 23.5. The molecular weight excluding hydrogens is 162 g/mol. The molecule has 1 aliphatic rings. The van der Waals surface area contributed by atoms with Crippen molar-refractivity contribution in [2.24, 2.45) is 5.41 Å². The highest BCUT2D eigenvalue weighted by atomic mass is 35.5. The lowest BCUT2D eigenvalue weighted by atomic mass is 9.82. The Morgan fingerprint density at radius 2 is 2.09 bits per heavy atom. The Labute approximate surface area is 73.3 Å². The third kappa shape index (κ3) is 2.32. The van der Waals surface area contributed by atoms with Crippen LogP contribution >= 0.6 is 11.6 Å². The molecule has 1 aliphatic heterocycles. The number of rotatable bonds is 3. The van der Waals surface area contributed by atoms with Gasteiger partial charge in [0.1, 0.15) is 0 Å². The summed E-state index contributed by atoms with van der Waals surface area (Å²) in [6.45, 7) is 2.75. The van der Waals surface area contributed by atoms with Crippen molar-refractivity contribution < 1.29 is 4.74 Å². The van der Waals surface area contributed by atoms with Gasteiger partial charge in [0, 0.05) is 31.1 Å². The Hall–Kier alpha value is 0.210. The van der Waals surface area contributed by atoms with Gasteiger partial charge in [-0.25, -0.2) is 0 Å². The van der Waals surface area contributed by atoms with Gasteiger partial charge < -0.3 is 10.1 Å². The van der Waals surface area contributed by atoms with Gasteiger partial charge in [-0.2, -0.15) is 0 Å². The van der Waals surface area contributed by atoms with E-state index in [1.807, 2.05) is 7.05 Å². The summed E-state index contributed by atoms with van der Waals surface area (Å²) >= 11 is 5.92. The van der Waals surface area contributed by atoms with Crippen LogP contribution in [0.25, 0.3) is 0 Å². The standard InChI is InChI=1S/C8H16ClNO/c1-10-7-8(6-9)2-4-11-5-3-8/h10H,2-7H2,1H3. The zero-order chi connectivity index (χ0) is 8.16. The molecular formula is C8H16ClNO. The highest BCUT2D eigenvalue weighted by Gasteiger charge is 2.30. The summed E-state index contributed by atoms with van der Waals surface area (Å²) < 4.78 is 5.29. The predicted molar refractivity (Wildman–Crippen MR) is 47.1 cm³/mol. The van der Waals surface area contributed by atoms with Crippen LogP contribution in [0.15, 0.2) is 0 Å². The highest BCUT2D eigenvalue weighted by molar-refractivity contribution is 6.18. The van der Waals surface area contributed by atoms with Gasteiger partial charge in [0.2, 0.25) is 0 Å². The number of halogens is 1. The van der Waals surface area contributed by atoms with Crippen molar-refractivity contribution in [2.45, 2.75) is 12.8 Å². The zero-order valence-electron chi connectivity index (χ0n) is 7.03. The average molecular weight is 178 g/mol.